The topological polar surface area (TPSA) is 15.3 Å². The van der Waals surface area contributed by atoms with Crippen molar-refractivity contribution in [1.29, 1.82) is 0 Å². The van der Waals surface area contributed by atoms with E-state index in [4.69, 9.17) is 0 Å². The van der Waals surface area contributed by atoms with E-state index in [1.54, 1.807) is 12.1 Å². The molecule has 100 valence electrons. The van der Waals surface area contributed by atoms with E-state index in [1.165, 1.54) is 18.9 Å². The minimum absolute atomic E-state index is 0.173. The first-order chi connectivity index (χ1) is 8.46. The maximum atomic E-state index is 13.2. The highest BCUT2D eigenvalue weighted by molar-refractivity contribution is 5.45. The molecule has 0 atom stereocenters. The summed E-state index contributed by atoms with van der Waals surface area (Å²) in [5, 5.41) is 3.56. The number of hydrogen-bond donors (Lipinski definition) is 1. The van der Waals surface area contributed by atoms with Gasteiger partial charge in [-0.1, -0.05) is 19.9 Å². The fraction of sp³-hybridized carbons (Fsp3) is 0.600. The summed E-state index contributed by atoms with van der Waals surface area (Å²) in [5.74, 6) is -0.173. The molecule has 0 heterocycles. The van der Waals surface area contributed by atoms with E-state index in [-0.39, 0.29) is 11.2 Å². The van der Waals surface area contributed by atoms with Gasteiger partial charge in [-0.2, -0.15) is 0 Å². The van der Waals surface area contributed by atoms with Crippen LogP contribution in [0.15, 0.2) is 24.3 Å². The smallest absolute Gasteiger partial charge is 0.125 e. The first kappa shape index (κ1) is 13.3. The zero-order valence-corrected chi connectivity index (χ0v) is 11.5. The van der Waals surface area contributed by atoms with Crippen molar-refractivity contribution in [2.45, 2.75) is 32.7 Å². The molecule has 1 fully saturated rings. The molecule has 0 spiro atoms. The molecule has 0 saturated heterocycles. The normalized spacial score (nSPS) is 15.8. The SMILES string of the molecule is CN(CC(C)(C)CNC1CC1)c1cccc(F)c1. The number of halogens is 1. The first-order valence-corrected chi connectivity index (χ1v) is 6.66. The molecular formula is C15H23FN2. The lowest BCUT2D eigenvalue weighted by Crippen LogP contribution is -2.39. The Bertz CT molecular complexity index is 399. The molecule has 2 rings (SSSR count). The molecule has 3 heteroatoms. The van der Waals surface area contributed by atoms with E-state index < -0.39 is 0 Å². The highest BCUT2D eigenvalue weighted by Crippen LogP contribution is 2.24. The zero-order valence-electron chi connectivity index (χ0n) is 11.5. The van der Waals surface area contributed by atoms with Crippen molar-refractivity contribution >= 4 is 5.69 Å². The van der Waals surface area contributed by atoms with Crippen LogP contribution >= 0.6 is 0 Å². The largest absolute Gasteiger partial charge is 0.374 e. The minimum Gasteiger partial charge on any atom is -0.374 e. The zero-order chi connectivity index (χ0) is 13.2. The lowest BCUT2D eigenvalue weighted by Gasteiger charge is -2.32. The Morgan fingerprint density at radius 1 is 1.39 bits per heavy atom. The molecule has 0 bridgehead atoms. The molecule has 2 nitrogen and oxygen atoms in total. The Labute approximate surface area is 109 Å². The van der Waals surface area contributed by atoms with Gasteiger partial charge in [-0.3, -0.25) is 0 Å². The lowest BCUT2D eigenvalue weighted by molar-refractivity contribution is 0.345. The van der Waals surface area contributed by atoms with Crippen LogP contribution in [0, 0.1) is 11.2 Å². The van der Waals surface area contributed by atoms with Crippen molar-refractivity contribution in [2.75, 3.05) is 25.0 Å². The van der Waals surface area contributed by atoms with Crippen molar-refractivity contribution < 1.29 is 4.39 Å². The van der Waals surface area contributed by atoms with Crippen molar-refractivity contribution in [3.8, 4) is 0 Å². The molecule has 18 heavy (non-hydrogen) atoms. The summed E-state index contributed by atoms with van der Waals surface area (Å²) in [6.45, 7) is 6.42. The number of nitrogens with zero attached hydrogens (tertiary/aromatic N) is 1. The second-order valence-electron chi connectivity index (χ2n) is 6.16. The first-order valence-electron chi connectivity index (χ1n) is 6.66. The van der Waals surface area contributed by atoms with Crippen LogP contribution in [-0.2, 0) is 0 Å². The molecule has 1 aromatic carbocycles. The summed E-state index contributed by atoms with van der Waals surface area (Å²) < 4.78 is 13.2. The van der Waals surface area contributed by atoms with Gasteiger partial charge >= 0.3 is 0 Å². The molecule has 1 aliphatic carbocycles. The van der Waals surface area contributed by atoms with Gasteiger partial charge in [-0.25, -0.2) is 4.39 Å². The molecule has 1 aromatic rings. The quantitative estimate of drug-likeness (QED) is 0.835. The Hall–Kier alpha value is -1.09. The van der Waals surface area contributed by atoms with E-state index in [0.29, 0.717) is 0 Å². The molecule has 0 radical (unpaired) electrons. The Morgan fingerprint density at radius 3 is 2.72 bits per heavy atom. The van der Waals surface area contributed by atoms with Crippen LogP contribution < -0.4 is 10.2 Å². The number of anilines is 1. The van der Waals surface area contributed by atoms with Gasteiger partial charge in [0.25, 0.3) is 0 Å². The summed E-state index contributed by atoms with van der Waals surface area (Å²) in [4.78, 5) is 2.12. The Kier molecular flexibility index (Phi) is 3.91. The van der Waals surface area contributed by atoms with Crippen LogP contribution in [-0.4, -0.2) is 26.2 Å². The third-order valence-corrected chi connectivity index (χ3v) is 3.36. The summed E-state index contributed by atoms with van der Waals surface area (Å²) >= 11 is 0. The van der Waals surface area contributed by atoms with Gasteiger partial charge in [0, 0.05) is 31.9 Å². The highest BCUT2D eigenvalue weighted by Gasteiger charge is 2.26. The summed E-state index contributed by atoms with van der Waals surface area (Å²) in [6, 6.07) is 7.52. The van der Waals surface area contributed by atoms with Crippen LogP contribution in [0.25, 0.3) is 0 Å². The maximum Gasteiger partial charge on any atom is 0.125 e. The molecule has 1 saturated carbocycles. The molecule has 0 aromatic heterocycles. The molecule has 1 aliphatic rings. The number of hydrogen-bond acceptors (Lipinski definition) is 2. The van der Waals surface area contributed by atoms with Gasteiger partial charge < -0.3 is 10.2 Å². The average Bonchev–Trinajstić information content (AvgIpc) is 3.10. The predicted molar refractivity (Wildman–Crippen MR) is 74.5 cm³/mol. The molecule has 1 N–H and O–H groups in total. The number of nitrogens with one attached hydrogen (secondary N) is 1. The van der Waals surface area contributed by atoms with Gasteiger partial charge in [0.2, 0.25) is 0 Å². The third-order valence-electron chi connectivity index (χ3n) is 3.36. The van der Waals surface area contributed by atoms with Gasteiger partial charge in [-0.05, 0) is 36.5 Å². The van der Waals surface area contributed by atoms with Crippen molar-refractivity contribution in [2.24, 2.45) is 5.41 Å². The molecule has 0 amide bonds. The predicted octanol–water partition coefficient (Wildman–Crippen LogP) is 3.04. The van der Waals surface area contributed by atoms with E-state index in [1.807, 2.05) is 13.1 Å². The molecule has 0 aliphatic heterocycles. The van der Waals surface area contributed by atoms with Crippen LogP contribution in [0.2, 0.25) is 0 Å². The molecular weight excluding hydrogens is 227 g/mol. The molecule has 0 unspecified atom stereocenters. The summed E-state index contributed by atoms with van der Waals surface area (Å²) in [6.07, 6.45) is 2.63. The maximum absolute atomic E-state index is 13.2. The van der Waals surface area contributed by atoms with Gasteiger partial charge in [0.05, 0.1) is 0 Å². The van der Waals surface area contributed by atoms with Gasteiger partial charge in [-0.15, -0.1) is 0 Å². The second kappa shape index (κ2) is 5.27. The number of benzene rings is 1. The van der Waals surface area contributed by atoms with Gasteiger partial charge in [0.15, 0.2) is 0 Å². The standard InChI is InChI=1S/C15H23FN2/c1-15(2,10-17-13-7-8-13)11-18(3)14-6-4-5-12(16)9-14/h4-6,9,13,17H,7-8,10-11H2,1-3H3. The van der Waals surface area contributed by atoms with E-state index >= 15 is 0 Å². The minimum atomic E-state index is -0.173. The van der Waals surface area contributed by atoms with E-state index in [0.717, 1.165) is 24.8 Å². The van der Waals surface area contributed by atoms with Crippen molar-refractivity contribution in [3.05, 3.63) is 30.1 Å². The van der Waals surface area contributed by atoms with Crippen LogP contribution in [0.1, 0.15) is 26.7 Å². The fourth-order valence-corrected chi connectivity index (χ4v) is 2.21. The Balaban J connectivity index is 1.90. The van der Waals surface area contributed by atoms with Crippen molar-refractivity contribution in [1.82, 2.24) is 5.32 Å². The van der Waals surface area contributed by atoms with Crippen LogP contribution in [0.5, 0.6) is 0 Å². The fourth-order valence-electron chi connectivity index (χ4n) is 2.21. The van der Waals surface area contributed by atoms with Crippen molar-refractivity contribution in [3.63, 3.8) is 0 Å². The van der Waals surface area contributed by atoms with Crippen LogP contribution in [0.3, 0.4) is 0 Å². The van der Waals surface area contributed by atoms with Gasteiger partial charge in [0.1, 0.15) is 5.82 Å². The summed E-state index contributed by atoms with van der Waals surface area (Å²) in [7, 11) is 2.02. The Morgan fingerprint density at radius 2 is 2.11 bits per heavy atom. The third kappa shape index (κ3) is 3.98. The second-order valence-corrected chi connectivity index (χ2v) is 6.16. The van der Waals surface area contributed by atoms with Crippen LogP contribution in [0.4, 0.5) is 10.1 Å². The lowest BCUT2D eigenvalue weighted by atomic mass is 9.92. The highest BCUT2D eigenvalue weighted by atomic mass is 19.1. The van der Waals surface area contributed by atoms with E-state index in [2.05, 4.69) is 24.1 Å². The summed E-state index contributed by atoms with van der Waals surface area (Å²) in [5.41, 5.74) is 1.12. The van der Waals surface area contributed by atoms with E-state index in [9.17, 15) is 4.39 Å². The monoisotopic (exact) mass is 250 g/mol. The average molecular weight is 250 g/mol. The number of rotatable bonds is 6.